The van der Waals surface area contributed by atoms with E-state index in [2.05, 4.69) is 16.5 Å². The average molecular weight is 143 g/mol. The van der Waals surface area contributed by atoms with Crippen molar-refractivity contribution in [3.8, 4) is 0 Å². The number of esters is 1. The fraction of sp³-hybridized carbons (Fsp3) is 0.500. The maximum atomic E-state index is 10.6. The number of ether oxygens (including phenoxy) is 1. The third-order valence-corrected chi connectivity index (χ3v) is 0.990. The van der Waals surface area contributed by atoms with Crippen molar-refractivity contribution in [1.82, 2.24) is 0 Å². The second kappa shape index (κ2) is 4.67. The molecule has 0 aromatic carbocycles. The van der Waals surface area contributed by atoms with Crippen molar-refractivity contribution in [2.45, 2.75) is 12.5 Å². The second-order valence-electron chi connectivity index (χ2n) is 1.67. The standard InChI is InChI=1S/C6H9NO3/c1-3-4-5(7-9)6(8)10-2/h3,5H,1,4H2,2H3. The van der Waals surface area contributed by atoms with Gasteiger partial charge in [0, 0.05) is 6.42 Å². The molecule has 0 heterocycles. The van der Waals surface area contributed by atoms with E-state index in [0.717, 1.165) is 0 Å². The Hall–Kier alpha value is -1.19. The fourth-order valence-electron chi connectivity index (χ4n) is 0.476. The number of hydrogen-bond acceptors (Lipinski definition) is 4. The van der Waals surface area contributed by atoms with Crippen LogP contribution in [0.1, 0.15) is 6.42 Å². The highest BCUT2D eigenvalue weighted by atomic mass is 16.5. The van der Waals surface area contributed by atoms with E-state index < -0.39 is 12.0 Å². The topological polar surface area (TPSA) is 55.7 Å². The zero-order valence-electron chi connectivity index (χ0n) is 5.74. The Morgan fingerprint density at radius 2 is 2.50 bits per heavy atom. The summed E-state index contributed by atoms with van der Waals surface area (Å²) in [5, 5.41) is 2.55. The number of carbonyl (C=O) groups excluding carboxylic acids is 1. The maximum absolute atomic E-state index is 10.6. The Bertz CT molecular complexity index is 144. The molecular formula is C6H9NO3. The molecule has 0 aromatic heterocycles. The lowest BCUT2D eigenvalue weighted by atomic mass is 10.2. The number of nitroso groups, excluding NO2 is 1. The van der Waals surface area contributed by atoms with E-state index in [4.69, 9.17) is 0 Å². The lowest BCUT2D eigenvalue weighted by molar-refractivity contribution is -0.142. The number of hydrogen-bond donors (Lipinski definition) is 0. The first-order valence-corrected chi connectivity index (χ1v) is 2.77. The Kier molecular flexibility index (Phi) is 4.11. The van der Waals surface area contributed by atoms with E-state index in [0.29, 0.717) is 0 Å². The van der Waals surface area contributed by atoms with Gasteiger partial charge in [0.15, 0.2) is 6.04 Å². The van der Waals surface area contributed by atoms with Crippen molar-refractivity contribution in [3.05, 3.63) is 17.6 Å². The van der Waals surface area contributed by atoms with Gasteiger partial charge in [-0.05, 0) is 0 Å². The molecule has 0 aliphatic rings. The zero-order chi connectivity index (χ0) is 7.98. The van der Waals surface area contributed by atoms with Crippen molar-refractivity contribution < 1.29 is 9.53 Å². The molecule has 10 heavy (non-hydrogen) atoms. The summed E-state index contributed by atoms with van der Waals surface area (Å²) >= 11 is 0. The molecule has 1 atom stereocenters. The molecule has 1 unspecified atom stereocenters. The van der Waals surface area contributed by atoms with E-state index in [1.807, 2.05) is 0 Å². The summed E-state index contributed by atoms with van der Waals surface area (Å²) < 4.78 is 4.28. The molecule has 0 amide bonds. The second-order valence-corrected chi connectivity index (χ2v) is 1.67. The SMILES string of the molecule is C=CCC(N=O)C(=O)OC. The van der Waals surface area contributed by atoms with Gasteiger partial charge in [-0.15, -0.1) is 11.5 Å². The van der Waals surface area contributed by atoms with E-state index in [-0.39, 0.29) is 6.42 Å². The Balaban J connectivity index is 3.91. The molecule has 4 nitrogen and oxygen atoms in total. The van der Waals surface area contributed by atoms with E-state index >= 15 is 0 Å². The number of nitrogens with zero attached hydrogens (tertiary/aromatic N) is 1. The summed E-state index contributed by atoms with van der Waals surface area (Å²) in [6.45, 7) is 3.36. The highest BCUT2D eigenvalue weighted by Gasteiger charge is 2.16. The molecule has 0 aliphatic carbocycles. The molecule has 0 spiro atoms. The molecule has 0 aliphatic heterocycles. The Morgan fingerprint density at radius 3 is 2.80 bits per heavy atom. The first-order chi connectivity index (χ1) is 4.76. The van der Waals surface area contributed by atoms with E-state index in [1.165, 1.54) is 13.2 Å². The Morgan fingerprint density at radius 1 is 1.90 bits per heavy atom. The first-order valence-electron chi connectivity index (χ1n) is 2.77. The smallest absolute Gasteiger partial charge is 0.334 e. The van der Waals surface area contributed by atoms with Crippen LogP contribution < -0.4 is 0 Å². The monoisotopic (exact) mass is 143 g/mol. The van der Waals surface area contributed by atoms with Crippen LogP contribution in [-0.4, -0.2) is 19.1 Å². The maximum Gasteiger partial charge on any atom is 0.334 e. The molecule has 0 fully saturated rings. The van der Waals surface area contributed by atoms with Gasteiger partial charge in [0.25, 0.3) is 0 Å². The molecule has 0 rings (SSSR count). The molecule has 0 saturated heterocycles. The summed E-state index contributed by atoms with van der Waals surface area (Å²) in [4.78, 5) is 20.5. The minimum absolute atomic E-state index is 0.232. The van der Waals surface area contributed by atoms with Gasteiger partial charge >= 0.3 is 5.97 Å². The molecule has 0 radical (unpaired) electrons. The molecule has 56 valence electrons. The molecule has 0 N–H and O–H groups in total. The van der Waals surface area contributed by atoms with Crippen LogP contribution in [-0.2, 0) is 9.53 Å². The largest absolute Gasteiger partial charge is 0.467 e. The van der Waals surface area contributed by atoms with Crippen molar-refractivity contribution >= 4 is 5.97 Å². The summed E-state index contributed by atoms with van der Waals surface area (Å²) in [6.07, 6.45) is 1.68. The minimum atomic E-state index is -0.928. The molecular weight excluding hydrogens is 134 g/mol. The highest BCUT2D eigenvalue weighted by Crippen LogP contribution is 1.99. The molecule has 4 heteroatoms. The van der Waals surface area contributed by atoms with Gasteiger partial charge < -0.3 is 4.74 Å². The van der Waals surface area contributed by atoms with Crippen LogP contribution in [0.2, 0.25) is 0 Å². The van der Waals surface area contributed by atoms with Crippen LogP contribution in [0.5, 0.6) is 0 Å². The van der Waals surface area contributed by atoms with Gasteiger partial charge in [0.2, 0.25) is 0 Å². The van der Waals surface area contributed by atoms with Crippen LogP contribution in [0.25, 0.3) is 0 Å². The first kappa shape index (κ1) is 8.81. The summed E-state index contributed by atoms with van der Waals surface area (Å²) in [5.41, 5.74) is 0. The van der Waals surface area contributed by atoms with Crippen LogP contribution in [0.3, 0.4) is 0 Å². The van der Waals surface area contributed by atoms with Crippen LogP contribution in [0.15, 0.2) is 17.8 Å². The van der Waals surface area contributed by atoms with Crippen molar-refractivity contribution in [1.29, 1.82) is 0 Å². The predicted molar refractivity (Wildman–Crippen MR) is 36.4 cm³/mol. The molecule has 0 saturated carbocycles. The van der Waals surface area contributed by atoms with Crippen molar-refractivity contribution in [3.63, 3.8) is 0 Å². The van der Waals surface area contributed by atoms with Crippen molar-refractivity contribution in [2.75, 3.05) is 7.11 Å². The van der Waals surface area contributed by atoms with Gasteiger partial charge in [0.1, 0.15) is 0 Å². The lowest BCUT2D eigenvalue weighted by Crippen LogP contribution is -2.18. The molecule has 0 aromatic rings. The van der Waals surface area contributed by atoms with Crippen LogP contribution >= 0.6 is 0 Å². The normalized spacial score (nSPS) is 11.7. The van der Waals surface area contributed by atoms with Gasteiger partial charge in [-0.25, -0.2) is 4.79 Å². The van der Waals surface area contributed by atoms with Gasteiger partial charge in [-0.2, -0.15) is 0 Å². The highest BCUT2D eigenvalue weighted by molar-refractivity contribution is 5.75. The van der Waals surface area contributed by atoms with Crippen molar-refractivity contribution in [2.24, 2.45) is 5.18 Å². The zero-order valence-corrected chi connectivity index (χ0v) is 5.74. The van der Waals surface area contributed by atoms with Crippen LogP contribution in [0.4, 0.5) is 0 Å². The summed E-state index contributed by atoms with van der Waals surface area (Å²) in [7, 11) is 1.21. The lowest BCUT2D eigenvalue weighted by Gasteiger charge is -2.01. The predicted octanol–water partition coefficient (Wildman–Crippen LogP) is 0.870. The van der Waals surface area contributed by atoms with E-state index in [9.17, 15) is 9.70 Å². The Labute approximate surface area is 58.8 Å². The fourth-order valence-corrected chi connectivity index (χ4v) is 0.476. The summed E-state index contributed by atoms with van der Waals surface area (Å²) in [5.74, 6) is -0.616. The molecule has 0 bridgehead atoms. The number of carbonyl (C=O) groups is 1. The average Bonchev–Trinajstić information content (AvgIpc) is 1.99. The van der Waals surface area contributed by atoms with Crippen LogP contribution in [0, 0.1) is 4.91 Å². The third kappa shape index (κ3) is 2.39. The quantitative estimate of drug-likeness (QED) is 0.333. The number of rotatable bonds is 4. The van der Waals surface area contributed by atoms with Gasteiger partial charge in [-0.3, -0.25) is 0 Å². The van der Waals surface area contributed by atoms with Gasteiger partial charge in [-0.1, -0.05) is 11.3 Å². The third-order valence-electron chi connectivity index (χ3n) is 0.990. The van der Waals surface area contributed by atoms with Gasteiger partial charge in [0.05, 0.1) is 7.11 Å². The minimum Gasteiger partial charge on any atom is -0.467 e. The summed E-state index contributed by atoms with van der Waals surface area (Å²) in [6, 6.07) is -0.928. The number of methoxy groups -OCH3 is 1. The van der Waals surface area contributed by atoms with E-state index in [1.54, 1.807) is 0 Å².